The molecule has 0 radical (unpaired) electrons. The van der Waals surface area contributed by atoms with Crippen molar-refractivity contribution in [2.45, 2.75) is 0 Å². The fourth-order valence-electron chi connectivity index (χ4n) is 11.4. The summed E-state index contributed by atoms with van der Waals surface area (Å²) in [5.74, 6) is 0. The van der Waals surface area contributed by atoms with E-state index in [-0.39, 0.29) is 0 Å². The van der Waals surface area contributed by atoms with Crippen LogP contribution >= 0.6 is 11.3 Å². The minimum Gasteiger partial charge on any atom is -0.456 e. The lowest BCUT2D eigenvalue weighted by Gasteiger charge is -2.25. The molecule has 0 N–H and O–H groups in total. The molecule has 6 aromatic heterocycles. The Morgan fingerprint density at radius 1 is 0.485 bits per heavy atom. The molecule has 0 unspecified atom stereocenters. The molecule has 6 heterocycles. The van der Waals surface area contributed by atoms with Gasteiger partial charge in [-0.3, -0.25) is 4.57 Å². The number of thiophene rings is 1. The van der Waals surface area contributed by atoms with Gasteiger partial charge in [0, 0.05) is 65.9 Å². The number of para-hydroxylation sites is 1. The van der Waals surface area contributed by atoms with E-state index in [2.05, 4.69) is 129 Å². The zero-order valence-corrected chi connectivity index (χ0v) is 36.6. The van der Waals surface area contributed by atoms with Gasteiger partial charge in [-0.15, -0.1) is 11.3 Å². The first-order valence-corrected chi connectivity index (χ1v) is 23.2. The van der Waals surface area contributed by atoms with Gasteiger partial charge in [0.2, 0.25) is 5.69 Å². The molecule has 68 heavy (non-hydrogen) atoms. The quantitative estimate of drug-likeness (QED) is 0.130. The third kappa shape index (κ3) is 4.68. The molecule has 0 bridgehead atoms. The van der Waals surface area contributed by atoms with E-state index < -0.39 is 0 Å². The smallest absolute Gasteiger partial charge is 0.220 e. The van der Waals surface area contributed by atoms with Crippen molar-refractivity contribution >= 4 is 125 Å². The number of nitriles is 1. The van der Waals surface area contributed by atoms with E-state index in [0.29, 0.717) is 45.0 Å². The zero-order chi connectivity index (χ0) is 44.8. The summed E-state index contributed by atoms with van der Waals surface area (Å²) in [4.78, 5) is 15.0. The maximum atomic E-state index is 12.1. The van der Waals surface area contributed by atoms with Crippen LogP contribution < -0.4 is 0 Å². The number of nitrogens with zero attached hydrogens (tertiary/aromatic N) is 6. The predicted molar refractivity (Wildman–Crippen MR) is 279 cm³/mol. The number of pyridine rings is 2. The van der Waals surface area contributed by atoms with E-state index in [1.54, 1.807) is 11.3 Å². The van der Waals surface area contributed by atoms with Crippen LogP contribution in [0.4, 0.5) is 5.69 Å². The second kappa shape index (κ2) is 13.6. The van der Waals surface area contributed by atoms with Gasteiger partial charge in [-0.2, -0.15) is 5.26 Å². The van der Waals surface area contributed by atoms with Crippen molar-refractivity contribution in [2.24, 2.45) is 0 Å². The lowest BCUT2D eigenvalue weighted by Crippen LogP contribution is -2.09. The van der Waals surface area contributed by atoms with Gasteiger partial charge < -0.3 is 8.98 Å². The molecular weight excluding hydrogens is 853 g/mol. The highest BCUT2D eigenvalue weighted by Crippen LogP contribution is 2.55. The van der Waals surface area contributed by atoms with E-state index >= 15 is 0 Å². The average molecular weight is 883 g/mol. The Morgan fingerprint density at radius 3 is 1.74 bits per heavy atom. The van der Waals surface area contributed by atoms with Gasteiger partial charge in [0.1, 0.15) is 28.5 Å². The van der Waals surface area contributed by atoms with Crippen molar-refractivity contribution in [3.05, 3.63) is 199 Å². The molecule has 9 aromatic carbocycles. The summed E-state index contributed by atoms with van der Waals surface area (Å²) < 4.78 is 13.4. The van der Waals surface area contributed by atoms with Crippen LogP contribution in [0.15, 0.2) is 187 Å². The summed E-state index contributed by atoms with van der Waals surface area (Å²) >= 11 is 1.76. The van der Waals surface area contributed by atoms with E-state index in [9.17, 15) is 11.8 Å². The SMILES string of the molecule is [C-]#[N+]c1c(-c2ccccc2)c(C#N)c(-n2c3c(ccc4c5ccccc5sc43)c3ccc4oc5ccccc5c4c32)c(-c2ccccc2)c1-n1c2nccc3c4ccccc4c4ccnc1c4c32. The molecule has 7 nitrogen and oxygen atoms in total. The van der Waals surface area contributed by atoms with Crippen molar-refractivity contribution in [2.75, 3.05) is 0 Å². The fourth-order valence-corrected chi connectivity index (χ4v) is 12.6. The number of furan rings is 1. The van der Waals surface area contributed by atoms with Gasteiger partial charge in [-0.25, -0.2) is 14.8 Å². The molecule has 0 aliphatic rings. The maximum absolute atomic E-state index is 12.1. The van der Waals surface area contributed by atoms with Crippen LogP contribution in [-0.2, 0) is 0 Å². The summed E-state index contributed by atoms with van der Waals surface area (Å²) in [6.45, 7) is 9.32. The van der Waals surface area contributed by atoms with Gasteiger partial charge >= 0.3 is 0 Å². The van der Waals surface area contributed by atoms with Crippen LogP contribution in [0.2, 0.25) is 0 Å². The van der Waals surface area contributed by atoms with Crippen molar-refractivity contribution in [1.29, 1.82) is 5.26 Å². The summed E-state index contributed by atoms with van der Waals surface area (Å²) in [7, 11) is 0. The van der Waals surface area contributed by atoms with Gasteiger partial charge in [-0.1, -0.05) is 133 Å². The van der Waals surface area contributed by atoms with Crippen LogP contribution in [0.5, 0.6) is 0 Å². The number of aromatic nitrogens is 4. The standard InChI is InChI=1S/C60H30N6OS/c1-62-53-48(33-14-4-2-5-15-33)44(32-61)55(49(34-16-6-3-7-17-34)57(53)66-59-51-38(28-30-63-59)35-18-8-9-19-36(35)39-29-31-64-60(66)52(39)51)65-54-40(26-27-46-50(54)43-21-10-12-22-45(43)67-46)41-24-25-42-37-20-11-13-23-47(37)68-58(42)56(41)65/h2-31H. The molecule has 15 aromatic rings. The predicted octanol–water partition coefficient (Wildman–Crippen LogP) is 16.4. The normalized spacial score (nSPS) is 12.1. The second-order valence-corrected chi connectivity index (χ2v) is 18.4. The van der Waals surface area contributed by atoms with Crippen molar-refractivity contribution < 1.29 is 4.42 Å². The summed E-state index contributed by atoms with van der Waals surface area (Å²) in [6, 6.07) is 61.1. The molecule has 0 saturated carbocycles. The number of rotatable bonds is 4. The fraction of sp³-hybridized carbons (Fsp3) is 0. The maximum Gasteiger partial charge on any atom is 0.220 e. The van der Waals surface area contributed by atoms with Crippen LogP contribution in [0.3, 0.4) is 0 Å². The Bertz CT molecular complexity index is 4670. The van der Waals surface area contributed by atoms with Crippen molar-refractivity contribution in [3.8, 4) is 39.7 Å². The first kappa shape index (κ1) is 36.9. The molecule has 15 rings (SSSR count). The van der Waals surface area contributed by atoms with E-state index in [4.69, 9.17) is 14.4 Å². The number of fused-ring (bicyclic) bond motifs is 14. The summed E-state index contributed by atoms with van der Waals surface area (Å²) in [6.07, 6.45) is 3.73. The molecule has 0 spiro atoms. The van der Waals surface area contributed by atoms with Crippen molar-refractivity contribution in [3.63, 3.8) is 0 Å². The van der Waals surface area contributed by atoms with Gasteiger partial charge in [0.15, 0.2) is 0 Å². The molecule has 0 aliphatic heterocycles. The minimum atomic E-state index is 0.331. The van der Waals surface area contributed by atoms with Gasteiger partial charge in [-0.05, 0) is 69.1 Å². The van der Waals surface area contributed by atoms with Crippen LogP contribution in [0.1, 0.15) is 5.56 Å². The third-order valence-corrected chi connectivity index (χ3v) is 15.2. The third-order valence-electron chi connectivity index (χ3n) is 14.0. The van der Waals surface area contributed by atoms with E-state index in [1.165, 1.54) is 10.1 Å². The Kier molecular flexibility index (Phi) is 7.39. The zero-order valence-electron chi connectivity index (χ0n) is 35.8. The van der Waals surface area contributed by atoms with Crippen LogP contribution in [-0.4, -0.2) is 19.1 Å². The van der Waals surface area contributed by atoms with E-state index in [0.717, 1.165) is 97.3 Å². The van der Waals surface area contributed by atoms with Gasteiger partial charge in [0.25, 0.3) is 0 Å². The number of hydrogen-bond donors (Lipinski definition) is 0. The molecule has 0 saturated heterocycles. The monoisotopic (exact) mass is 882 g/mol. The number of hydrogen-bond acceptors (Lipinski definition) is 5. The molecule has 0 aliphatic carbocycles. The summed E-state index contributed by atoms with van der Waals surface area (Å²) in [5, 5.41) is 24.7. The van der Waals surface area contributed by atoms with Crippen LogP contribution in [0, 0.1) is 17.9 Å². The highest BCUT2D eigenvalue weighted by atomic mass is 32.1. The molecule has 0 fully saturated rings. The first-order chi connectivity index (χ1) is 33.7. The molecule has 0 atom stereocenters. The van der Waals surface area contributed by atoms with Crippen molar-refractivity contribution in [1.82, 2.24) is 19.1 Å². The molecular formula is C60H30N6OS. The highest BCUT2D eigenvalue weighted by molar-refractivity contribution is 7.26. The first-order valence-electron chi connectivity index (χ1n) is 22.4. The lowest BCUT2D eigenvalue weighted by atomic mass is 9.88. The average Bonchev–Trinajstić information content (AvgIpc) is 4.16. The largest absolute Gasteiger partial charge is 0.456 e. The Labute approximate surface area is 390 Å². The Morgan fingerprint density at radius 2 is 1.06 bits per heavy atom. The molecule has 8 heteroatoms. The van der Waals surface area contributed by atoms with E-state index in [1.807, 2.05) is 73.1 Å². The molecule has 0 amide bonds. The Hall–Kier alpha value is -9.34. The van der Waals surface area contributed by atoms with Crippen LogP contribution in [0.25, 0.3) is 146 Å². The summed E-state index contributed by atoms with van der Waals surface area (Å²) in [5.41, 5.74) is 9.57. The highest BCUT2D eigenvalue weighted by Gasteiger charge is 2.34. The number of benzene rings is 9. The lowest BCUT2D eigenvalue weighted by molar-refractivity contribution is 0.669. The van der Waals surface area contributed by atoms with Gasteiger partial charge in [0.05, 0.1) is 44.6 Å². The Balaban J connectivity index is 1.27. The second-order valence-electron chi connectivity index (χ2n) is 17.3. The molecule has 312 valence electrons. The minimum absolute atomic E-state index is 0.331. The topological polar surface area (TPSA) is 76.9 Å².